The zero-order valence-electron chi connectivity index (χ0n) is 10.1. The van der Waals surface area contributed by atoms with Crippen LogP contribution in [0, 0.1) is 5.82 Å². The predicted molar refractivity (Wildman–Crippen MR) is 72.8 cm³/mol. The quantitative estimate of drug-likeness (QED) is 0.830. The van der Waals surface area contributed by atoms with Gasteiger partial charge in [0.15, 0.2) is 9.84 Å². The largest absolute Gasteiger partial charge is 0.351 e. The smallest absolute Gasteiger partial charge is 0.251 e. The van der Waals surface area contributed by atoms with E-state index in [2.05, 4.69) is 17.9 Å². The summed E-state index contributed by atoms with van der Waals surface area (Å²) >= 11 is 3.89. The van der Waals surface area contributed by atoms with E-state index in [1.807, 2.05) is 0 Å². The first kappa shape index (κ1) is 14.3. The third kappa shape index (κ3) is 3.27. The van der Waals surface area contributed by atoms with E-state index in [1.165, 1.54) is 12.1 Å². The highest BCUT2D eigenvalue weighted by Gasteiger charge is 2.31. The van der Waals surface area contributed by atoms with Crippen LogP contribution in [0.2, 0.25) is 0 Å². The first-order valence-electron chi connectivity index (χ1n) is 5.88. The van der Waals surface area contributed by atoms with Gasteiger partial charge < -0.3 is 5.32 Å². The Morgan fingerprint density at radius 3 is 2.79 bits per heavy atom. The fraction of sp³-hybridized carbons (Fsp3) is 0.417. The van der Waals surface area contributed by atoms with E-state index < -0.39 is 26.8 Å². The fourth-order valence-corrected chi connectivity index (χ4v) is 4.03. The predicted octanol–water partition coefficient (Wildman–Crippen LogP) is 1.42. The van der Waals surface area contributed by atoms with Crippen LogP contribution in [0.15, 0.2) is 23.1 Å². The minimum absolute atomic E-state index is 0.0844. The highest BCUT2D eigenvalue weighted by Crippen LogP contribution is 2.19. The van der Waals surface area contributed by atoms with Crippen molar-refractivity contribution in [2.45, 2.75) is 23.0 Å². The van der Waals surface area contributed by atoms with Gasteiger partial charge in [0.1, 0.15) is 5.82 Å². The number of carbonyl (C=O) groups excluding carboxylic acids is 1. The van der Waals surface area contributed by atoms with E-state index in [9.17, 15) is 17.6 Å². The van der Waals surface area contributed by atoms with Crippen molar-refractivity contribution in [2.24, 2.45) is 0 Å². The Bertz CT molecular complexity index is 601. The average Bonchev–Trinajstić information content (AvgIpc) is 2.69. The lowest BCUT2D eigenvalue weighted by molar-refractivity contribution is 0.0953. The van der Waals surface area contributed by atoms with Crippen LogP contribution in [0.3, 0.4) is 0 Å². The van der Waals surface area contributed by atoms with Gasteiger partial charge in [-0.25, -0.2) is 12.8 Å². The molecule has 1 amide bonds. The Morgan fingerprint density at radius 1 is 1.47 bits per heavy atom. The Balaban J connectivity index is 2.00. The number of sulfone groups is 1. The molecule has 2 rings (SSSR count). The first-order valence-corrected chi connectivity index (χ1v) is 8.05. The molecule has 0 saturated carbocycles. The van der Waals surface area contributed by atoms with Gasteiger partial charge in [-0.15, -0.1) is 12.6 Å². The molecule has 0 aromatic heterocycles. The summed E-state index contributed by atoms with van der Waals surface area (Å²) in [6.07, 6.45) is 1.21. The van der Waals surface area contributed by atoms with Crippen LogP contribution in [-0.2, 0) is 9.84 Å². The molecule has 1 saturated heterocycles. The average molecular weight is 303 g/mol. The van der Waals surface area contributed by atoms with E-state index in [1.54, 1.807) is 0 Å². The highest BCUT2D eigenvalue weighted by molar-refractivity contribution is 7.92. The maximum Gasteiger partial charge on any atom is 0.251 e. The number of rotatable bonds is 3. The molecular weight excluding hydrogens is 289 g/mol. The third-order valence-corrected chi connectivity index (χ3v) is 5.78. The van der Waals surface area contributed by atoms with Crippen LogP contribution in [-0.4, -0.2) is 31.9 Å². The highest BCUT2D eigenvalue weighted by atomic mass is 32.2. The van der Waals surface area contributed by atoms with Crippen molar-refractivity contribution in [2.75, 3.05) is 12.3 Å². The summed E-state index contributed by atoms with van der Waals surface area (Å²) in [6, 6.07) is 3.81. The second-order valence-electron chi connectivity index (χ2n) is 4.51. The molecule has 1 aromatic carbocycles. The number of amides is 1. The van der Waals surface area contributed by atoms with Gasteiger partial charge in [0.25, 0.3) is 5.91 Å². The zero-order chi connectivity index (χ0) is 14.0. The molecule has 0 bridgehead atoms. The Hall–Kier alpha value is -1.08. The number of carbonyl (C=O) groups is 1. The monoisotopic (exact) mass is 303 g/mol. The molecule has 1 aliphatic rings. The van der Waals surface area contributed by atoms with Crippen molar-refractivity contribution in [3.8, 4) is 0 Å². The molecule has 1 N–H and O–H groups in total. The van der Waals surface area contributed by atoms with E-state index >= 15 is 0 Å². The number of halogens is 1. The molecule has 0 radical (unpaired) electrons. The fourth-order valence-electron chi connectivity index (χ4n) is 2.05. The molecular formula is C12H14FNO3S2. The van der Waals surface area contributed by atoms with Gasteiger partial charge in [0.2, 0.25) is 0 Å². The van der Waals surface area contributed by atoms with Gasteiger partial charge in [0.05, 0.1) is 11.0 Å². The van der Waals surface area contributed by atoms with Crippen LogP contribution in [0.5, 0.6) is 0 Å². The summed E-state index contributed by atoms with van der Waals surface area (Å²) in [4.78, 5) is 11.9. The lowest BCUT2D eigenvalue weighted by Crippen LogP contribution is -2.34. The third-order valence-electron chi connectivity index (χ3n) is 3.16. The minimum atomic E-state index is -3.07. The van der Waals surface area contributed by atoms with Crippen molar-refractivity contribution in [1.29, 1.82) is 0 Å². The molecule has 0 spiro atoms. The van der Waals surface area contributed by atoms with Gasteiger partial charge in [0, 0.05) is 17.0 Å². The summed E-state index contributed by atoms with van der Waals surface area (Å²) in [5.41, 5.74) is 0.266. The van der Waals surface area contributed by atoms with Crippen LogP contribution in [0.4, 0.5) is 4.39 Å². The maximum absolute atomic E-state index is 13.0. The van der Waals surface area contributed by atoms with Crippen molar-refractivity contribution in [3.63, 3.8) is 0 Å². The van der Waals surface area contributed by atoms with Crippen LogP contribution >= 0.6 is 12.6 Å². The maximum atomic E-state index is 13.0. The van der Waals surface area contributed by atoms with E-state index in [0.29, 0.717) is 12.8 Å². The number of hydrogen-bond acceptors (Lipinski definition) is 4. The lowest BCUT2D eigenvalue weighted by Gasteiger charge is -2.11. The topological polar surface area (TPSA) is 63.2 Å². The molecule has 1 aliphatic heterocycles. The summed E-state index contributed by atoms with van der Waals surface area (Å²) in [6.45, 7) is 0.0977. The summed E-state index contributed by atoms with van der Waals surface area (Å²) in [7, 11) is -3.07. The Labute approximate surface area is 116 Å². The normalized spacial score (nSPS) is 21.3. The van der Waals surface area contributed by atoms with E-state index in [0.717, 1.165) is 6.07 Å². The van der Waals surface area contributed by atoms with Crippen molar-refractivity contribution in [3.05, 3.63) is 29.6 Å². The van der Waals surface area contributed by atoms with Crippen LogP contribution in [0.25, 0.3) is 0 Å². The standard InChI is InChI=1S/C12H14FNO3S2/c13-10-4-3-8(6-11(10)18)12(15)14-7-9-2-1-5-19(9,16)17/h3-4,6,9,18H,1-2,5,7H2,(H,14,15). The van der Waals surface area contributed by atoms with Gasteiger partial charge >= 0.3 is 0 Å². The summed E-state index contributed by atoms with van der Waals surface area (Å²) < 4.78 is 36.2. The summed E-state index contributed by atoms with van der Waals surface area (Å²) in [5.74, 6) is -0.735. The lowest BCUT2D eigenvalue weighted by atomic mass is 10.2. The number of thiol groups is 1. The SMILES string of the molecule is O=C(NCC1CCCS1(=O)=O)c1ccc(F)c(S)c1. The molecule has 0 aliphatic carbocycles. The Kier molecular flexibility index (Phi) is 4.15. The van der Waals surface area contributed by atoms with Crippen molar-refractivity contribution < 1.29 is 17.6 Å². The summed E-state index contributed by atoms with van der Waals surface area (Å²) in [5, 5.41) is 2.06. The number of nitrogens with one attached hydrogen (secondary N) is 1. The van der Waals surface area contributed by atoms with E-state index in [4.69, 9.17) is 0 Å². The molecule has 1 unspecified atom stereocenters. The molecule has 104 valence electrons. The molecule has 1 fully saturated rings. The van der Waals surface area contributed by atoms with Crippen LogP contribution in [0.1, 0.15) is 23.2 Å². The molecule has 7 heteroatoms. The molecule has 19 heavy (non-hydrogen) atoms. The van der Waals surface area contributed by atoms with Gasteiger partial charge in [-0.3, -0.25) is 4.79 Å². The number of hydrogen-bond donors (Lipinski definition) is 2. The molecule has 1 atom stereocenters. The van der Waals surface area contributed by atoms with Crippen molar-refractivity contribution in [1.82, 2.24) is 5.32 Å². The van der Waals surface area contributed by atoms with Gasteiger partial charge in [-0.1, -0.05) is 0 Å². The number of benzene rings is 1. The van der Waals surface area contributed by atoms with Gasteiger partial charge in [-0.05, 0) is 31.0 Å². The zero-order valence-corrected chi connectivity index (χ0v) is 11.8. The Morgan fingerprint density at radius 2 is 2.21 bits per heavy atom. The second kappa shape index (κ2) is 5.50. The second-order valence-corrected chi connectivity index (χ2v) is 7.39. The van der Waals surface area contributed by atoms with Crippen molar-refractivity contribution >= 4 is 28.4 Å². The molecule has 1 heterocycles. The van der Waals surface area contributed by atoms with E-state index in [-0.39, 0.29) is 22.8 Å². The molecule has 4 nitrogen and oxygen atoms in total. The molecule has 1 aromatic rings. The first-order chi connectivity index (χ1) is 8.90. The van der Waals surface area contributed by atoms with Gasteiger partial charge in [-0.2, -0.15) is 0 Å². The minimum Gasteiger partial charge on any atom is -0.351 e. The van der Waals surface area contributed by atoms with Crippen LogP contribution < -0.4 is 5.32 Å².